The standard InChI is InChI=1S/C19H23ClN2O3S/c1-15-3-8-18(25-2)19(13-15)26(23,24)22-11-9-21(10-12-22)14-16-4-6-17(20)7-5-16/h3-8,13H,9-12,14H2,1-2H3/p+1. The van der Waals surface area contributed by atoms with Gasteiger partial charge in [0.05, 0.1) is 33.3 Å². The van der Waals surface area contributed by atoms with E-state index in [1.165, 1.54) is 17.6 Å². The van der Waals surface area contributed by atoms with Gasteiger partial charge in [0.2, 0.25) is 10.0 Å². The number of piperazine rings is 1. The molecule has 0 unspecified atom stereocenters. The molecule has 0 aromatic heterocycles. The zero-order valence-corrected chi connectivity index (χ0v) is 16.6. The van der Waals surface area contributed by atoms with Crippen molar-refractivity contribution in [2.24, 2.45) is 0 Å². The lowest BCUT2D eigenvalue weighted by Gasteiger charge is -2.31. The molecule has 1 aliphatic heterocycles. The minimum atomic E-state index is -3.55. The second-order valence-corrected chi connectivity index (χ2v) is 8.95. The van der Waals surface area contributed by atoms with Crippen LogP contribution in [0.15, 0.2) is 47.4 Å². The number of hydrogen-bond donors (Lipinski definition) is 1. The topological polar surface area (TPSA) is 51.1 Å². The van der Waals surface area contributed by atoms with Crippen LogP contribution in [0.4, 0.5) is 0 Å². The van der Waals surface area contributed by atoms with Crippen LogP contribution in [-0.4, -0.2) is 46.0 Å². The van der Waals surface area contributed by atoms with Gasteiger partial charge in [-0.25, -0.2) is 8.42 Å². The molecule has 0 radical (unpaired) electrons. The van der Waals surface area contributed by atoms with Crippen molar-refractivity contribution in [1.29, 1.82) is 0 Å². The molecule has 1 fully saturated rings. The normalized spacial score (nSPS) is 16.6. The molecule has 0 atom stereocenters. The molecule has 7 heteroatoms. The largest absolute Gasteiger partial charge is 0.495 e. The summed E-state index contributed by atoms with van der Waals surface area (Å²) in [5, 5.41) is 0.728. The van der Waals surface area contributed by atoms with Crippen molar-refractivity contribution in [3.63, 3.8) is 0 Å². The van der Waals surface area contributed by atoms with Crippen LogP contribution >= 0.6 is 11.6 Å². The quantitative estimate of drug-likeness (QED) is 0.839. The van der Waals surface area contributed by atoms with E-state index in [9.17, 15) is 8.42 Å². The Hall–Kier alpha value is -1.60. The van der Waals surface area contributed by atoms with Crippen LogP contribution < -0.4 is 9.64 Å². The average molecular weight is 396 g/mol. The third-order valence-corrected chi connectivity index (χ3v) is 6.91. The number of quaternary nitrogens is 1. The van der Waals surface area contributed by atoms with Gasteiger partial charge in [-0.15, -0.1) is 0 Å². The van der Waals surface area contributed by atoms with E-state index < -0.39 is 10.0 Å². The van der Waals surface area contributed by atoms with E-state index in [0.717, 1.165) is 30.2 Å². The Labute approximate surface area is 160 Å². The van der Waals surface area contributed by atoms with Crippen molar-refractivity contribution in [3.05, 3.63) is 58.6 Å². The number of benzene rings is 2. The summed E-state index contributed by atoms with van der Waals surface area (Å²) in [5.74, 6) is 0.395. The molecule has 0 spiro atoms. The molecular weight excluding hydrogens is 372 g/mol. The number of ether oxygens (including phenoxy) is 1. The third-order valence-electron chi connectivity index (χ3n) is 4.73. The Morgan fingerprint density at radius 2 is 1.77 bits per heavy atom. The van der Waals surface area contributed by atoms with Crippen molar-refractivity contribution in [3.8, 4) is 5.75 Å². The first-order chi connectivity index (χ1) is 12.4. The molecule has 1 aliphatic rings. The summed E-state index contributed by atoms with van der Waals surface area (Å²) in [6.45, 7) is 5.31. The molecule has 0 aliphatic carbocycles. The van der Waals surface area contributed by atoms with Gasteiger partial charge in [0.1, 0.15) is 17.2 Å². The highest BCUT2D eigenvalue weighted by Crippen LogP contribution is 2.27. The molecule has 26 heavy (non-hydrogen) atoms. The number of sulfonamides is 1. The van der Waals surface area contributed by atoms with Crippen molar-refractivity contribution < 1.29 is 18.1 Å². The van der Waals surface area contributed by atoms with Crippen LogP contribution in [0.1, 0.15) is 11.1 Å². The highest BCUT2D eigenvalue weighted by Gasteiger charge is 2.32. The summed E-state index contributed by atoms with van der Waals surface area (Å²) in [6.07, 6.45) is 0. The Morgan fingerprint density at radius 1 is 1.12 bits per heavy atom. The van der Waals surface area contributed by atoms with Crippen molar-refractivity contribution in [2.75, 3.05) is 33.3 Å². The summed E-state index contributed by atoms with van der Waals surface area (Å²) in [5.41, 5.74) is 2.11. The van der Waals surface area contributed by atoms with Gasteiger partial charge in [0.15, 0.2) is 0 Å². The second-order valence-electron chi connectivity index (χ2n) is 6.61. The maximum atomic E-state index is 13.0. The molecule has 5 nitrogen and oxygen atoms in total. The molecule has 1 saturated heterocycles. The maximum absolute atomic E-state index is 13.0. The SMILES string of the molecule is COc1ccc(C)cc1S(=O)(=O)N1CC[NH+](Cc2ccc(Cl)cc2)CC1. The highest BCUT2D eigenvalue weighted by molar-refractivity contribution is 7.89. The van der Waals surface area contributed by atoms with Crippen LogP contribution in [-0.2, 0) is 16.6 Å². The second kappa shape index (κ2) is 7.96. The van der Waals surface area contributed by atoms with E-state index in [-0.39, 0.29) is 4.90 Å². The van der Waals surface area contributed by atoms with Crippen LogP contribution in [0.3, 0.4) is 0 Å². The Balaban J connectivity index is 1.69. The molecule has 2 aromatic carbocycles. The first kappa shape index (κ1) is 19.2. The minimum Gasteiger partial charge on any atom is -0.495 e. The zero-order valence-electron chi connectivity index (χ0n) is 15.0. The van der Waals surface area contributed by atoms with Crippen LogP contribution in [0.2, 0.25) is 5.02 Å². The summed E-state index contributed by atoms with van der Waals surface area (Å²) in [7, 11) is -2.05. The molecule has 2 aromatic rings. The van der Waals surface area contributed by atoms with Crippen molar-refractivity contribution >= 4 is 21.6 Å². The van der Waals surface area contributed by atoms with Gasteiger partial charge in [0, 0.05) is 10.6 Å². The number of rotatable bonds is 5. The first-order valence-corrected chi connectivity index (χ1v) is 10.4. The van der Waals surface area contributed by atoms with E-state index in [2.05, 4.69) is 0 Å². The molecule has 140 valence electrons. The molecule has 0 amide bonds. The van der Waals surface area contributed by atoms with E-state index >= 15 is 0 Å². The maximum Gasteiger partial charge on any atom is 0.247 e. The summed E-state index contributed by atoms with van der Waals surface area (Å²) < 4.78 is 32.9. The molecule has 1 heterocycles. The monoisotopic (exact) mass is 395 g/mol. The van der Waals surface area contributed by atoms with Crippen molar-refractivity contribution in [2.45, 2.75) is 18.4 Å². The van der Waals surface area contributed by atoms with Gasteiger partial charge in [-0.3, -0.25) is 0 Å². The summed E-state index contributed by atoms with van der Waals surface area (Å²) >= 11 is 5.93. The van der Waals surface area contributed by atoms with Gasteiger partial charge in [-0.05, 0) is 36.8 Å². The van der Waals surface area contributed by atoms with E-state index in [1.54, 1.807) is 16.4 Å². The predicted molar refractivity (Wildman–Crippen MR) is 102 cm³/mol. The van der Waals surface area contributed by atoms with Gasteiger partial charge in [-0.1, -0.05) is 29.8 Å². The van der Waals surface area contributed by atoms with Crippen molar-refractivity contribution in [1.82, 2.24) is 4.31 Å². The predicted octanol–water partition coefficient (Wildman–Crippen LogP) is 1.75. The van der Waals surface area contributed by atoms with Crippen LogP contribution in [0.25, 0.3) is 0 Å². The van der Waals surface area contributed by atoms with Crippen LogP contribution in [0.5, 0.6) is 5.75 Å². The Kier molecular flexibility index (Phi) is 5.87. The fraction of sp³-hybridized carbons (Fsp3) is 0.368. The van der Waals surface area contributed by atoms with Gasteiger partial charge in [0.25, 0.3) is 0 Å². The van der Waals surface area contributed by atoms with Gasteiger partial charge >= 0.3 is 0 Å². The highest BCUT2D eigenvalue weighted by atomic mass is 35.5. The van der Waals surface area contributed by atoms with Gasteiger partial charge in [-0.2, -0.15) is 4.31 Å². The minimum absolute atomic E-state index is 0.251. The Morgan fingerprint density at radius 3 is 2.38 bits per heavy atom. The van der Waals surface area contributed by atoms with E-state index in [1.807, 2.05) is 37.3 Å². The summed E-state index contributed by atoms with van der Waals surface area (Å²) in [6, 6.07) is 13.1. The average Bonchev–Trinajstić information content (AvgIpc) is 2.64. The lowest BCUT2D eigenvalue weighted by Crippen LogP contribution is -3.13. The number of nitrogens with zero attached hydrogens (tertiary/aromatic N) is 1. The molecule has 0 bridgehead atoms. The molecule has 3 rings (SSSR count). The number of methoxy groups -OCH3 is 1. The van der Waals surface area contributed by atoms with Crippen LogP contribution in [0, 0.1) is 6.92 Å². The lowest BCUT2D eigenvalue weighted by atomic mass is 10.2. The first-order valence-electron chi connectivity index (χ1n) is 8.63. The number of hydrogen-bond acceptors (Lipinski definition) is 3. The molecule has 0 saturated carbocycles. The molecule has 1 N–H and O–H groups in total. The number of halogens is 1. The Bertz CT molecular complexity index is 861. The smallest absolute Gasteiger partial charge is 0.247 e. The van der Waals surface area contributed by atoms with E-state index in [0.29, 0.717) is 18.8 Å². The van der Waals surface area contributed by atoms with E-state index in [4.69, 9.17) is 16.3 Å². The number of nitrogens with one attached hydrogen (secondary N) is 1. The lowest BCUT2D eigenvalue weighted by molar-refractivity contribution is -0.917. The summed E-state index contributed by atoms with van der Waals surface area (Å²) in [4.78, 5) is 1.62. The zero-order chi connectivity index (χ0) is 18.7. The third kappa shape index (κ3) is 4.20. The molecular formula is C19H24ClN2O3S+. The van der Waals surface area contributed by atoms with Gasteiger partial charge < -0.3 is 9.64 Å². The number of aryl methyl sites for hydroxylation is 1. The fourth-order valence-corrected chi connectivity index (χ4v) is 5.04. The fourth-order valence-electron chi connectivity index (χ4n) is 3.24.